The lowest BCUT2D eigenvalue weighted by molar-refractivity contribution is 0.112. The maximum absolute atomic E-state index is 10.7. The molecule has 1 N–H and O–H groups in total. The Hall–Kier alpha value is -1.65. The highest BCUT2D eigenvalue weighted by molar-refractivity contribution is 7.99. The molecular weight excluding hydrogens is 284 g/mol. The molecule has 0 fully saturated rings. The van der Waals surface area contributed by atoms with E-state index in [0.717, 1.165) is 4.90 Å². The number of hydrogen-bond donors (Lipinski definition) is 1. The molecule has 19 heavy (non-hydrogen) atoms. The van der Waals surface area contributed by atoms with Crippen molar-refractivity contribution in [3.8, 4) is 11.5 Å². The van der Waals surface area contributed by atoms with E-state index in [4.69, 9.17) is 16.3 Å². The number of ether oxygens (including phenoxy) is 1. The summed E-state index contributed by atoms with van der Waals surface area (Å²) in [4.78, 5) is 12.2. The average molecular weight is 295 g/mol. The van der Waals surface area contributed by atoms with E-state index in [1.807, 2.05) is 24.3 Å². The fourth-order valence-corrected chi connectivity index (χ4v) is 2.80. The molecule has 0 radical (unpaired) electrons. The van der Waals surface area contributed by atoms with E-state index < -0.39 is 0 Å². The number of benzene rings is 2. The van der Waals surface area contributed by atoms with Crippen LogP contribution in [0.25, 0.3) is 0 Å². The van der Waals surface area contributed by atoms with Gasteiger partial charge in [-0.15, -0.1) is 0 Å². The minimum Gasteiger partial charge on any atom is -0.507 e. The zero-order valence-electron chi connectivity index (χ0n) is 10.1. The number of carbonyl (C=O) groups excluding carboxylic acids is 1. The van der Waals surface area contributed by atoms with Gasteiger partial charge in [0.2, 0.25) is 0 Å². The lowest BCUT2D eigenvalue weighted by Crippen LogP contribution is -1.87. The first-order valence-electron chi connectivity index (χ1n) is 5.44. The van der Waals surface area contributed by atoms with Crippen LogP contribution in [0, 0.1) is 0 Å². The number of rotatable bonds is 4. The van der Waals surface area contributed by atoms with Crippen LogP contribution in [0.4, 0.5) is 0 Å². The normalized spacial score (nSPS) is 10.2. The van der Waals surface area contributed by atoms with Crippen molar-refractivity contribution in [2.75, 3.05) is 7.11 Å². The minimum atomic E-state index is 0.0161. The Morgan fingerprint density at radius 2 is 2.00 bits per heavy atom. The van der Waals surface area contributed by atoms with E-state index in [2.05, 4.69) is 0 Å². The third-order valence-corrected chi connectivity index (χ3v) is 3.93. The Morgan fingerprint density at radius 3 is 2.68 bits per heavy atom. The molecule has 0 unspecified atom stereocenters. The van der Waals surface area contributed by atoms with E-state index in [-0.39, 0.29) is 11.3 Å². The van der Waals surface area contributed by atoms with Gasteiger partial charge in [0.1, 0.15) is 11.5 Å². The van der Waals surface area contributed by atoms with Crippen LogP contribution in [0.1, 0.15) is 10.4 Å². The second kappa shape index (κ2) is 5.99. The molecule has 2 rings (SSSR count). The Morgan fingerprint density at radius 1 is 1.26 bits per heavy atom. The minimum absolute atomic E-state index is 0.0161. The highest BCUT2D eigenvalue weighted by atomic mass is 35.5. The van der Waals surface area contributed by atoms with Crippen LogP contribution in [0.2, 0.25) is 5.02 Å². The van der Waals surface area contributed by atoms with Gasteiger partial charge < -0.3 is 9.84 Å². The maximum Gasteiger partial charge on any atom is 0.151 e. The van der Waals surface area contributed by atoms with Crippen LogP contribution >= 0.6 is 23.4 Å². The summed E-state index contributed by atoms with van der Waals surface area (Å²) >= 11 is 7.28. The summed E-state index contributed by atoms with van der Waals surface area (Å²) in [5.74, 6) is 0.727. The smallest absolute Gasteiger partial charge is 0.151 e. The molecule has 0 spiro atoms. The molecule has 0 bridgehead atoms. The van der Waals surface area contributed by atoms with Crippen molar-refractivity contribution in [1.82, 2.24) is 0 Å². The fourth-order valence-electron chi connectivity index (χ4n) is 1.55. The standard InChI is InChI=1S/C14H11ClO3S/c1-18-12-4-2-3-5-13(12)19-14-7-10(15)9(8-16)6-11(14)17/h2-8,17H,1H3. The molecule has 5 heteroatoms. The SMILES string of the molecule is COc1ccccc1Sc1cc(Cl)c(C=O)cc1O. The van der Waals surface area contributed by atoms with E-state index in [9.17, 15) is 9.90 Å². The number of phenols is 1. The molecule has 0 atom stereocenters. The highest BCUT2D eigenvalue weighted by Crippen LogP contribution is 2.40. The lowest BCUT2D eigenvalue weighted by atomic mass is 10.2. The summed E-state index contributed by atoms with van der Waals surface area (Å²) in [7, 11) is 1.59. The Labute approximate surface area is 120 Å². The van der Waals surface area contributed by atoms with Gasteiger partial charge in [-0.2, -0.15) is 0 Å². The van der Waals surface area contributed by atoms with Crippen LogP contribution in [0.5, 0.6) is 11.5 Å². The molecule has 3 nitrogen and oxygen atoms in total. The predicted molar refractivity (Wildman–Crippen MR) is 75.6 cm³/mol. The van der Waals surface area contributed by atoms with E-state index >= 15 is 0 Å². The lowest BCUT2D eigenvalue weighted by Gasteiger charge is -2.09. The van der Waals surface area contributed by atoms with Crippen molar-refractivity contribution in [3.63, 3.8) is 0 Å². The van der Waals surface area contributed by atoms with Gasteiger partial charge in [-0.05, 0) is 24.3 Å². The molecule has 0 aromatic heterocycles. The fraction of sp³-hybridized carbons (Fsp3) is 0.0714. The van der Waals surface area contributed by atoms with Crippen molar-refractivity contribution < 1.29 is 14.6 Å². The highest BCUT2D eigenvalue weighted by Gasteiger charge is 2.11. The third-order valence-electron chi connectivity index (χ3n) is 2.49. The second-order valence-electron chi connectivity index (χ2n) is 3.71. The molecule has 0 amide bonds. The van der Waals surface area contributed by atoms with Crippen molar-refractivity contribution in [1.29, 1.82) is 0 Å². The number of hydrogen-bond acceptors (Lipinski definition) is 4. The van der Waals surface area contributed by atoms with Crippen molar-refractivity contribution >= 4 is 29.6 Å². The molecule has 2 aromatic carbocycles. The number of carbonyl (C=O) groups is 1. The van der Waals surface area contributed by atoms with Gasteiger partial charge >= 0.3 is 0 Å². The zero-order valence-corrected chi connectivity index (χ0v) is 11.7. The van der Waals surface area contributed by atoms with Gasteiger partial charge in [-0.25, -0.2) is 0 Å². The number of aldehydes is 1. The maximum atomic E-state index is 10.7. The number of phenolic OH excluding ortho intramolecular Hbond substituents is 1. The van der Waals surface area contributed by atoms with Crippen LogP contribution < -0.4 is 4.74 Å². The predicted octanol–water partition coefficient (Wildman–Crippen LogP) is 4.02. The molecule has 0 saturated heterocycles. The molecule has 0 aliphatic heterocycles. The van der Waals surface area contributed by atoms with Crippen molar-refractivity contribution in [3.05, 3.63) is 47.0 Å². The van der Waals surface area contributed by atoms with Crippen LogP contribution in [0.3, 0.4) is 0 Å². The van der Waals surface area contributed by atoms with Crippen LogP contribution in [-0.4, -0.2) is 18.5 Å². The third kappa shape index (κ3) is 3.03. The molecule has 2 aromatic rings. The van der Waals surface area contributed by atoms with Crippen molar-refractivity contribution in [2.45, 2.75) is 9.79 Å². The number of para-hydroxylation sites is 1. The molecule has 0 aliphatic rings. The van der Waals surface area contributed by atoms with Gasteiger partial charge in [0.05, 0.1) is 21.9 Å². The quantitative estimate of drug-likeness (QED) is 0.865. The largest absolute Gasteiger partial charge is 0.507 e. The van der Waals surface area contributed by atoms with E-state index in [1.165, 1.54) is 17.8 Å². The summed E-state index contributed by atoms with van der Waals surface area (Å²) in [6.07, 6.45) is 0.611. The number of aromatic hydroxyl groups is 1. The first kappa shape index (κ1) is 13.8. The van der Waals surface area contributed by atoms with E-state index in [0.29, 0.717) is 22.0 Å². The first-order chi connectivity index (χ1) is 9.15. The van der Waals surface area contributed by atoms with Gasteiger partial charge in [-0.1, -0.05) is 35.5 Å². The first-order valence-corrected chi connectivity index (χ1v) is 6.63. The Kier molecular flexibility index (Phi) is 4.35. The Bertz CT molecular complexity index is 614. The van der Waals surface area contributed by atoms with Gasteiger partial charge in [-0.3, -0.25) is 4.79 Å². The summed E-state index contributed by atoms with van der Waals surface area (Å²) < 4.78 is 5.24. The second-order valence-corrected chi connectivity index (χ2v) is 5.20. The average Bonchev–Trinajstić information content (AvgIpc) is 2.43. The molecular formula is C14H11ClO3S. The Balaban J connectivity index is 2.38. The zero-order chi connectivity index (χ0) is 13.8. The van der Waals surface area contributed by atoms with E-state index in [1.54, 1.807) is 13.2 Å². The van der Waals surface area contributed by atoms with Crippen LogP contribution in [-0.2, 0) is 0 Å². The number of methoxy groups -OCH3 is 1. The molecule has 98 valence electrons. The summed E-state index contributed by atoms with van der Waals surface area (Å²) in [6, 6.07) is 10.4. The van der Waals surface area contributed by atoms with Gasteiger partial charge in [0, 0.05) is 5.56 Å². The summed E-state index contributed by atoms with van der Waals surface area (Å²) in [6.45, 7) is 0. The molecule has 0 heterocycles. The van der Waals surface area contributed by atoms with Gasteiger partial charge in [0.15, 0.2) is 6.29 Å². The summed E-state index contributed by atoms with van der Waals surface area (Å²) in [5.41, 5.74) is 0.267. The topological polar surface area (TPSA) is 46.5 Å². The summed E-state index contributed by atoms with van der Waals surface area (Å²) in [5, 5.41) is 10.2. The number of halogens is 1. The van der Waals surface area contributed by atoms with Gasteiger partial charge in [0.25, 0.3) is 0 Å². The van der Waals surface area contributed by atoms with Crippen LogP contribution in [0.15, 0.2) is 46.2 Å². The molecule has 0 saturated carbocycles. The monoisotopic (exact) mass is 294 g/mol. The van der Waals surface area contributed by atoms with Crippen molar-refractivity contribution in [2.24, 2.45) is 0 Å². The molecule has 0 aliphatic carbocycles.